The van der Waals surface area contributed by atoms with E-state index >= 15 is 0 Å². The summed E-state index contributed by atoms with van der Waals surface area (Å²) in [5.74, 6) is 0.478. The van der Waals surface area contributed by atoms with Crippen LogP contribution in [0.2, 0.25) is 0 Å². The number of carbonyl (C=O) groups excluding carboxylic acids is 2. The minimum Gasteiger partial charge on any atom is -0.326 e. The molecule has 0 aliphatic heterocycles. The van der Waals surface area contributed by atoms with Crippen LogP contribution in [0.3, 0.4) is 0 Å². The van der Waals surface area contributed by atoms with Gasteiger partial charge in [0.15, 0.2) is 11.0 Å². The van der Waals surface area contributed by atoms with Crippen LogP contribution in [-0.2, 0) is 16.6 Å². The van der Waals surface area contributed by atoms with Crippen molar-refractivity contribution in [2.75, 3.05) is 10.6 Å². The van der Waals surface area contributed by atoms with E-state index in [0.29, 0.717) is 16.5 Å². The summed E-state index contributed by atoms with van der Waals surface area (Å²) in [6.07, 6.45) is 0. The third kappa shape index (κ3) is 4.77. The van der Waals surface area contributed by atoms with Gasteiger partial charge in [-0.15, -0.1) is 10.2 Å². The number of thioether (sulfide) groups is 1. The van der Waals surface area contributed by atoms with Crippen molar-refractivity contribution in [3.8, 4) is 11.4 Å². The SMILES string of the molecule is CC(=O)Nc1ccc(NC(=O)C(C)Sc2nnc(-c3ccccc3)n2C)cc1. The number of benzene rings is 2. The molecular formula is C20H21N5O2S. The maximum absolute atomic E-state index is 12.5. The van der Waals surface area contributed by atoms with Crippen molar-refractivity contribution < 1.29 is 9.59 Å². The molecule has 2 amide bonds. The van der Waals surface area contributed by atoms with Gasteiger partial charge in [0.1, 0.15) is 0 Å². The molecule has 28 heavy (non-hydrogen) atoms. The highest BCUT2D eigenvalue weighted by atomic mass is 32.2. The summed E-state index contributed by atoms with van der Waals surface area (Å²) in [7, 11) is 1.88. The van der Waals surface area contributed by atoms with E-state index in [1.54, 1.807) is 24.3 Å². The van der Waals surface area contributed by atoms with E-state index in [4.69, 9.17) is 0 Å². The number of aromatic nitrogens is 3. The fourth-order valence-electron chi connectivity index (χ4n) is 2.55. The molecule has 2 aromatic carbocycles. The molecule has 3 aromatic rings. The zero-order valence-corrected chi connectivity index (χ0v) is 16.7. The third-order valence-electron chi connectivity index (χ3n) is 3.99. The number of anilines is 2. The van der Waals surface area contributed by atoms with Gasteiger partial charge in [-0.05, 0) is 31.2 Å². The summed E-state index contributed by atoms with van der Waals surface area (Å²) in [4.78, 5) is 23.6. The summed E-state index contributed by atoms with van der Waals surface area (Å²) in [5, 5.41) is 14.3. The molecule has 1 unspecified atom stereocenters. The second-order valence-electron chi connectivity index (χ2n) is 6.24. The molecule has 0 spiro atoms. The first kappa shape index (κ1) is 19.6. The number of rotatable bonds is 6. The van der Waals surface area contributed by atoms with Crippen LogP contribution in [0.4, 0.5) is 11.4 Å². The van der Waals surface area contributed by atoms with E-state index in [9.17, 15) is 9.59 Å². The molecule has 1 heterocycles. The molecule has 144 valence electrons. The molecule has 8 heteroatoms. The molecule has 1 aromatic heterocycles. The number of carbonyl (C=O) groups is 2. The van der Waals surface area contributed by atoms with Crippen LogP contribution in [-0.4, -0.2) is 31.8 Å². The highest BCUT2D eigenvalue weighted by molar-refractivity contribution is 8.00. The predicted octanol–water partition coefficient (Wildman–Crippen LogP) is 3.56. The monoisotopic (exact) mass is 395 g/mol. The van der Waals surface area contributed by atoms with Crippen LogP contribution < -0.4 is 10.6 Å². The van der Waals surface area contributed by atoms with Gasteiger partial charge < -0.3 is 15.2 Å². The minimum absolute atomic E-state index is 0.137. The van der Waals surface area contributed by atoms with Gasteiger partial charge in [0.25, 0.3) is 0 Å². The van der Waals surface area contributed by atoms with Gasteiger partial charge in [0, 0.05) is 30.9 Å². The van der Waals surface area contributed by atoms with Crippen LogP contribution in [0, 0.1) is 0 Å². The van der Waals surface area contributed by atoms with Gasteiger partial charge in [-0.1, -0.05) is 42.1 Å². The molecular weight excluding hydrogens is 374 g/mol. The van der Waals surface area contributed by atoms with E-state index in [-0.39, 0.29) is 17.1 Å². The highest BCUT2D eigenvalue weighted by Crippen LogP contribution is 2.26. The Bertz CT molecular complexity index is 970. The van der Waals surface area contributed by atoms with E-state index in [1.807, 2.05) is 48.9 Å². The number of nitrogens with one attached hydrogen (secondary N) is 2. The average molecular weight is 395 g/mol. The van der Waals surface area contributed by atoms with Crippen LogP contribution in [0.1, 0.15) is 13.8 Å². The Morgan fingerprint density at radius 3 is 2.18 bits per heavy atom. The van der Waals surface area contributed by atoms with E-state index in [2.05, 4.69) is 20.8 Å². The molecule has 0 saturated carbocycles. The Morgan fingerprint density at radius 1 is 0.964 bits per heavy atom. The van der Waals surface area contributed by atoms with Crippen molar-refractivity contribution in [1.29, 1.82) is 0 Å². The Hall–Kier alpha value is -3.13. The van der Waals surface area contributed by atoms with Crippen LogP contribution in [0.5, 0.6) is 0 Å². The first-order valence-corrected chi connectivity index (χ1v) is 9.62. The summed E-state index contributed by atoms with van der Waals surface area (Å²) >= 11 is 1.34. The van der Waals surface area contributed by atoms with Crippen molar-refractivity contribution in [2.24, 2.45) is 7.05 Å². The van der Waals surface area contributed by atoms with Crippen molar-refractivity contribution in [3.63, 3.8) is 0 Å². The number of hydrogen-bond donors (Lipinski definition) is 2. The van der Waals surface area contributed by atoms with Crippen molar-refractivity contribution in [2.45, 2.75) is 24.3 Å². The zero-order chi connectivity index (χ0) is 20.1. The Kier molecular flexibility index (Phi) is 6.10. The van der Waals surface area contributed by atoms with Crippen molar-refractivity contribution >= 4 is 35.0 Å². The quantitative estimate of drug-likeness (QED) is 0.623. The molecule has 2 N–H and O–H groups in total. The lowest BCUT2D eigenvalue weighted by Crippen LogP contribution is -2.22. The van der Waals surface area contributed by atoms with E-state index < -0.39 is 0 Å². The maximum Gasteiger partial charge on any atom is 0.237 e. The first-order valence-electron chi connectivity index (χ1n) is 8.74. The second kappa shape index (κ2) is 8.71. The highest BCUT2D eigenvalue weighted by Gasteiger charge is 2.19. The fraction of sp³-hybridized carbons (Fsp3) is 0.200. The van der Waals surface area contributed by atoms with Crippen LogP contribution in [0.15, 0.2) is 59.8 Å². The van der Waals surface area contributed by atoms with Gasteiger partial charge in [-0.2, -0.15) is 0 Å². The molecule has 0 fully saturated rings. The fourth-order valence-corrected chi connectivity index (χ4v) is 3.37. The summed E-state index contributed by atoms with van der Waals surface area (Å²) in [5.41, 5.74) is 2.32. The van der Waals surface area contributed by atoms with Crippen LogP contribution in [0.25, 0.3) is 11.4 Å². The number of hydrogen-bond acceptors (Lipinski definition) is 5. The Labute approximate surface area is 167 Å². The third-order valence-corrected chi connectivity index (χ3v) is 5.13. The lowest BCUT2D eigenvalue weighted by Gasteiger charge is -2.12. The number of nitrogens with zero attached hydrogens (tertiary/aromatic N) is 3. The van der Waals surface area contributed by atoms with E-state index in [1.165, 1.54) is 18.7 Å². The lowest BCUT2D eigenvalue weighted by atomic mass is 10.2. The van der Waals surface area contributed by atoms with Crippen molar-refractivity contribution in [1.82, 2.24) is 14.8 Å². The van der Waals surface area contributed by atoms with Crippen molar-refractivity contribution in [3.05, 3.63) is 54.6 Å². The van der Waals surface area contributed by atoms with Gasteiger partial charge >= 0.3 is 0 Å². The molecule has 7 nitrogen and oxygen atoms in total. The number of amides is 2. The summed E-state index contributed by atoms with van der Waals surface area (Å²) < 4.78 is 1.88. The minimum atomic E-state index is -0.360. The van der Waals surface area contributed by atoms with Gasteiger partial charge in [-0.3, -0.25) is 9.59 Å². The molecule has 0 aliphatic rings. The molecule has 0 saturated heterocycles. The topological polar surface area (TPSA) is 88.9 Å². The largest absolute Gasteiger partial charge is 0.326 e. The molecule has 0 bridgehead atoms. The van der Waals surface area contributed by atoms with Crippen LogP contribution >= 0.6 is 11.8 Å². The lowest BCUT2D eigenvalue weighted by molar-refractivity contribution is -0.115. The summed E-state index contributed by atoms with van der Waals surface area (Å²) in [6.45, 7) is 3.27. The van der Waals surface area contributed by atoms with Gasteiger partial charge in [-0.25, -0.2) is 0 Å². The smallest absolute Gasteiger partial charge is 0.237 e. The first-order chi connectivity index (χ1) is 13.4. The second-order valence-corrected chi connectivity index (χ2v) is 7.55. The molecule has 1 atom stereocenters. The molecule has 0 aliphatic carbocycles. The van der Waals surface area contributed by atoms with E-state index in [0.717, 1.165) is 11.4 Å². The standard InChI is InChI=1S/C20H21N5O2S/c1-13(19(27)22-17-11-9-16(10-12-17)21-14(2)26)28-20-24-23-18(25(20)3)15-7-5-4-6-8-15/h4-13H,1-3H3,(H,21,26)(H,22,27). The Morgan fingerprint density at radius 2 is 1.57 bits per heavy atom. The predicted molar refractivity (Wildman–Crippen MR) is 111 cm³/mol. The summed E-state index contributed by atoms with van der Waals surface area (Å²) in [6, 6.07) is 16.8. The average Bonchev–Trinajstić information content (AvgIpc) is 3.04. The normalized spacial score (nSPS) is 11.7. The van der Waals surface area contributed by atoms with Gasteiger partial charge in [0.2, 0.25) is 11.8 Å². The molecule has 3 rings (SSSR count). The van der Waals surface area contributed by atoms with Gasteiger partial charge in [0.05, 0.1) is 5.25 Å². The zero-order valence-electron chi connectivity index (χ0n) is 15.8. The molecule has 0 radical (unpaired) electrons. The maximum atomic E-state index is 12.5. The Balaban J connectivity index is 1.63.